The molecule has 1 heterocycles. The maximum Gasteiger partial charge on any atom is 0.318 e. The number of hydrogen-bond acceptors (Lipinski definition) is 3. The van der Waals surface area contributed by atoms with E-state index in [9.17, 15) is 9.59 Å². The molecule has 1 saturated heterocycles. The summed E-state index contributed by atoms with van der Waals surface area (Å²) in [6.45, 7) is 7.82. The van der Waals surface area contributed by atoms with E-state index in [2.05, 4.69) is 37.4 Å². The monoisotopic (exact) mass is 373 g/mol. The van der Waals surface area contributed by atoms with Gasteiger partial charge in [-0.05, 0) is 62.8 Å². The number of carbonyl (C=O) groups excluding carboxylic acids is 1. The van der Waals surface area contributed by atoms with Crippen LogP contribution in [-0.2, 0) is 4.79 Å². The highest BCUT2D eigenvalue weighted by Gasteiger charge is 2.37. The minimum absolute atomic E-state index is 0.0168. The highest BCUT2D eigenvalue weighted by molar-refractivity contribution is 5.75. The number of aryl methyl sites for hydroxylation is 1. The third-order valence-electron chi connectivity index (χ3n) is 6.22. The van der Waals surface area contributed by atoms with Crippen molar-refractivity contribution in [3.8, 4) is 0 Å². The topological polar surface area (TPSA) is 72.9 Å². The maximum atomic E-state index is 12.9. The van der Waals surface area contributed by atoms with Crippen LogP contribution in [0.5, 0.6) is 0 Å². The smallest absolute Gasteiger partial charge is 0.318 e. The minimum atomic E-state index is -0.794. The highest BCUT2D eigenvalue weighted by atomic mass is 16.4. The summed E-state index contributed by atoms with van der Waals surface area (Å²) < 4.78 is 0. The number of benzene rings is 1. The summed E-state index contributed by atoms with van der Waals surface area (Å²) in [7, 11) is 0. The first-order valence-electron chi connectivity index (χ1n) is 9.99. The molecule has 2 fully saturated rings. The molecule has 0 bridgehead atoms. The first-order chi connectivity index (χ1) is 12.9. The molecule has 1 atom stereocenters. The van der Waals surface area contributed by atoms with E-state index in [4.69, 9.17) is 5.11 Å². The summed E-state index contributed by atoms with van der Waals surface area (Å²) in [5.74, 6) is -0.794. The summed E-state index contributed by atoms with van der Waals surface area (Å²) in [5, 5.41) is 12.2. The Kier molecular flexibility index (Phi) is 6.05. The number of carboxylic acids is 1. The number of likely N-dealkylation sites (N-methyl/N-ethyl adjacent to an activating group) is 1. The van der Waals surface area contributed by atoms with E-state index >= 15 is 0 Å². The average molecular weight is 373 g/mol. The van der Waals surface area contributed by atoms with Crippen molar-refractivity contribution in [1.82, 2.24) is 15.1 Å². The van der Waals surface area contributed by atoms with Gasteiger partial charge in [-0.2, -0.15) is 0 Å². The lowest BCUT2D eigenvalue weighted by atomic mass is 9.85. The van der Waals surface area contributed by atoms with Crippen molar-refractivity contribution in [2.75, 3.05) is 19.6 Å². The van der Waals surface area contributed by atoms with Gasteiger partial charge in [-0.3, -0.25) is 9.69 Å². The van der Waals surface area contributed by atoms with Crippen LogP contribution in [-0.4, -0.2) is 58.6 Å². The molecule has 1 aromatic carbocycles. The third-order valence-corrected chi connectivity index (χ3v) is 6.22. The second kappa shape index (κ2) is 8.30. The van der Waals surface area contributed by atoms with Gasteiger partial charge in [0.15, 0.2) is 0 Å². The van der Waals surface area contributed by atoms with Crippen LogP contribution < -0.4 is 5.32 Å². The van der Waals surface area contributed by atoms with Gasteiger partial charge in [-0.15, -0.1) is 0 Å². The Morgan fingerprint density at radius 3 is 2.70 bits per heavy atom. The second-order valence-corrected chi connectivity index (χ2v) is 7.87. The van der Waals surface area contributed by atoms with Crippen LogP contribution in [0, 0.1) is 13.8 Å². The molecule has 3 rings (SSSR count). The van der Waals surface area contributed by atoms with Crippen LogP contribution in [0.15, 0.2) is 18.2 Å². The first kappa shape index (κ1) is 19.7. The molecule has 1 aliphatic heterocycles. The average Bonchev–Trinajstić information content (AvgIpc) is 3.07. The van der Waals surface area contributed by atoms with Gasteiger partial charge in [0, 0.05) is 18.6 Å². The molecule has 1 unspecified atom stereocenters. The molecule has 0 radical (unpaired) electrons. The van der Waals surface area contributed by atoms with Crippen molar-refractivity contribution in [2.45, 2.75) is 64.6 Å². The molecule has 1 aromatic rings. The summed E-state index contributed by atoms with van der Waals surface area (Å²) in [4.78, 5) is 27.8. The Hall–Kier alpha value is -2.08. The lowest BCUT2D eigenvalue weighted by Crippen LogP contribution is -2.56. The zero-order valence-corrected chi connectivity index (χ0v) is 16.6. The molecular weight excluding hydrogens is 342 g/mol. The second-order valence-electron chi connectivity index (χ2n) is 7.87. The molecule has 148 valence electrons. The molecule has 2 amide bonds. The number of nitrogens with zero attached hydrogens (tertiary/aromatic N) is 2. The van der Waals surface area contributed by atoms with Crippen molar-refractivity contribution >= 4 is 12.0 Å². The Morgan fingerprint density at radius 2 is 2.04 bits per heavy atom. The third kappa shape index (κ3) is 4.26. The number of likely N-dealkylation sites (tertiary alicyclic amines) is 1. The van der Waals surface area contributed by atoms with Crippen LogP contribution in [0.3, 0.4) is 0 Å². The fourth-order valence-electron chi connectivity index (χ4n) is 4.40. The van der Waals surface area contributed by atoms with E-state index in [1.807, 2.05) is 16.7 Å². The number of rotatable bonds is 6. The van der Waals surface area contributed by atoms with Crippen molar-refractivity contribution in [1.29, 1.82) is 0 Å². The van der Waals surface area contributed by atoms with E-state index in [-0.39, 0.29) is 30.7 Å². The maximum absolute atomic E-state index is 12.9. The molecule has 2 aliphatic rings. The predicted octanol–water partition coefficient (Wildman–Crippen LogP) is 3.09. The van der Waals surface area contributed by atoms with E-state index in [1.54, 1.807) is 0 Å². The van der Waals surface area contributed by atoms with Crippen molar-refractivity contribution in [3.63, 3.8) is 0 Å². The fraction of sp³-hybridized carbons (Fsp3) is 0.619. The van der Waals surface area contributed by atoms with Crippen molar-refractivity contribution < 1.29 is 14.7 Å². The van der Waals surface area contributed by atoms with E-state index in [0.29, 0.717) is 0 Å². The number of carboxylic acid groups (broad SMARTS) is 1. The first-order valence-corrected chi connectivity index (χ1v) is 9.99. The van der Waals surface area contributed by atoms with Gasteiger partial charge in [0.2, 0.25) is 0 Å². The van der Waals surface area contributed by atoms with Crippen molar-refractivity contribution in [2.24, 2.45) is 0 Å². The van der Waals surface area contributed by atoms with Crippen LogP contribution in [0.1, 0.15) is 55.3 Å². The van der Waals surface area contributed by atoms with Crippen LogP contribution >= 0.6 is 0 Å². The standard InChI is InChI=1S/C21H31N3O3/c1-4-23(13-20(25)26)17-11-16(12-17)22-21(27)24-10-6-9-19(24)18-8-5-7-14(2)15(18)3/h5,7-8,16-17,19H,4,6,9-13H2,1-3H3,(H,22,27)(H,25,26). The number of carbonyl (C=O) groups is 2. The predicted molar refractivity (Wildman–Crippen MR) is 105 cm³/mol. The number of nitrogens with one attached hydrogen (secondary N) is 1. The lowest BCUT2D eigenvalue weighted by molar-refractivity contribution is -0.139. The number of aliphatic carboxylic acids is 1. The fourth-order valence-corrected chi connectivity index (χ4v) is 4.40. The van der Waals surface area contributed by atoms with E-state index in [1.165, 1.54) is 16.7 Å². The van der Waals surface area contributed by atoms with E-state index in [0.717, 1.165) is 38.8 Å². The number of urea groups is 1. The highest BCUT2D eigenvalue weighted by Crippen LogP contribution is 2.35. The summed E-state index contributed by atoms with van der Waals surface area (Å²) in [6.07, 6.45) is 3.69. The molecule has 27 heavy (non-hydrogen) atoms. The zero-order chi connectivity index (χ0) is 19.6. The molecule has 1 saturated carbocycles. The largest absolute Gasteiger partial charge is 0.480 e. The summed E-state index contributed by atoms with van der Waals surface area (Å²) in [6, 6.07) is 6.90. The number of amides is 2. The van der Waals surface area contributed by atoms with Crippen molar-refractivity contribution in [3.05, 3.63) is 34.9 Å². The van der Waals surface area contributed by atoms with Gasteiger partial charge < -0.3 is 15.3 Å². The van der Waals surface area contributed by atoms with Crippen LogP contribution in [0.25, 0.3) is 0 Å². The Bertz CT molecular complexity index is 700. The van der Waals surface area contributed by atoms with E-state index < -0.39 is 5.97 Å². The zero-order valence-electron chi connectivity index (χ0n) is 16.6. The molecule has 0 aromatic heterocycles. The Morgan fingerprint density at radius 1 is 1.30 bits per heavy atom. The molecule has 2 N–H and O–H groups in total. The van der Waals surface area contributed by atoms with Gasteiger partial charge in [-0.1, -0.05) is 25.1 Å². The van der Waals surface area contributed by atoms with Gasteiger partial charge in [0.1, 0.15) is 0 Å². The molecular formula is C21H31N3O3. The van der Waals surface area contributed by atoms with Crippen LogP contribution in [0.4, 0.5) is 4.79 Å². The van der Waals surface area contributed by atoms with Gasteiger partial charge in [-0.25, -0.2) is 4.79 Å². The van der Waals surface area contributed by atoms with Crippen LogP contribution in [0.2, 0.25) is 0 Å². The van der Waals surface area contributed by atoms with Gasteiger partial charge in [0.25, 0.3) is 0 Å². The Balaban J connectivity index is 1.57. The Labute approximate surface area is 161 Å². The normalized spacial score (nSPS) is 24.7. The molecule has 1 aliphatic carbocycles. The molecule has 0 spiro atoms. The van der Waals surface area contributed by atoms with Gasteiger partial charge >= 0.3 is 12.0 Å². The minimum Gasteiger partial charge on any atom is -0.480 e. The lowest BCUT2D eigenvalue weighted by Gasteiger charge is -2.43. The molecule has 6 heteroatoms. The quantitative estimate of drug-likeness (QED) is 0.804. The number of hydrogen-bond donors (Lipinski definition) is 2. The SMILES string of the molecule is CCN(CC(=O)O)C1CC(NC(=O)N2CCCC2c2cccc(C)c2C)C1. The summed E-state index contributed by atoms with van der Waals surface area (Å²) in [5.41, 5.74) is 3.80. The summed E-state index contributed by atoms with van der Waals surface area (Å²) >= 11 is 0. The molecule has 6 nitrogen and oxygen atoms in total. The van der Waals surface area contributed by atoms with Gasteiger partial charge in [0.05, 0.1) is 12.6 Å².